The van der Waals surface area contributed by atoms with E-state index in [-0.39, 0.29) is 5.75 Å². The standard InChI is InChI=1S/C15H16F3N3O/c16-15(17,18)22-12-1-2-13-11(7-12)8-19-21(13)14-9-20-5-3-10(14)4-6-20/h1-2,7-8,10,14H,3-6,9H2/t14-/m0/s1. The smallest absolute Gasteiger partial charge is 0.406 e. The number of piperidine rings is 3. The van der Waals surface area contributed by atoms with Crippen LogP contribution in [-0.4, -0.2) is 40.7 Å². The van der Waals surface area contributed by atoms with Crippen LogP contribution in [0, 0.1) is 5.92 Å². The molecule has 3 aliphatic heterocycles. The lowest BCUT2D eigenvalue weighted by molar-refractivity contribution is -0.274. The van der Waals surface area contributed by atoms with Gasteiger partial charge >= 0.3 is 6.36 Å². The Labute approximate surface area is 125 Å². The highest BCUT2D eigenvalue weighted by Crippen LogP contribution is 2.37. The third kappa shape index (κ3) is 2.43. The summed E-state index contributed by atoms with van der Waals surface area (Å²) in [5.74, 6) is 0.410. The van der Waals surface area contributed by atoms with E-state index < -0.39 is 6.36 Å². The molecule has 2 bridgehead atoms. The Balaban J connectivity index is 1.66. The number of rotatable bonds is 2. The van der Waals surface area contributed by atoms with Crippen LogP contribution in [0.25, 0.3) is 10.9 Å². The van der Waals surface area contributed by atoms with Gasteiger partial charge in [-0.1, -0.05) is 0 Å². The highest BCUT2D eigenvalue weighted by Gasteiger charge is 2.36. The largest absolute Gasteiger partial charge is 0.573 e. The highest BCUT2D eigenvalue weighted by atomic mass is 19.4. The topological polar surface area (TPSA) is 30.3 Å². The SMILES string of the molecule is FC(F)(F)Oc1ccc2c(cnn2[C@H]2CN3CCC2CC3)c1. The van der Waals surface area contributed by atoms with Gasteiger partial charge in [-0.15, -0.1) is 13.2 Å². The first kappa shape index (κ1) is 13.9. The van der Waals surface area contributed by atoms with Crippen molar-refractivity contribution in [1.29, 1.82) is 0 Å². The van der Waals surface area contributed by atoms with Crippen molar-refractivity contribution in [3.8, 4) is 5.75 Å². The quantitative estimate of drug-likeness (QED) is 0.853. The summed E-state index contributed by atoms with van der Waals surface area (Å²) < 4.78 is 42.8. The summed E-state index contributed by atoms with van der Waals surface area (Å²) >= 11 is 0. The van der Waals surface area contributed by atoms with Gasteiger partial charge in [-0.3, -0.25) is 4.68 Å². The van der Waals surface area contributed by atoms with Crippen LogP contribution in [0.3, 0.4) is 0 Å². The summed E-state index contributed by atoms with van der Waals surface area (Å²) in [6, 6.07) is 4.73. The van der Waals surface area contributed by atoms with Crippen LogP contribution in [0.2, 0.25) is 0 Å². The Morgan fingerprint density at radius 3 is 2.59 bits per heavy atom. The number of aromatic nitrogens is 2. The zero-order chi connectivity index (χ0) is 15.3. The van der Waals surface area contributed by atoms with E-state index in [4.69, 9.17) is 0 Å². The lowest BCUT2D eigenvalue weighted by Gasteiger charge is -2.44. The molecule has 7 heteroatoms. The van der Waals surface area contributed by atoms with E-state index in [2.05, 4.69) is 14.7 Å². The molecule has 0 spiro atoms. The molecule has 0 amide bonds. The first-order chi connectivity index (χ1) is 10.5. The Morgan fingerprint density at radius 2 is 1.95 bits per heavy atom. The minimum Gasteiger partial charge on any atom is -0.406 e. The van der Waals surface area contributed by atoms with Crippen molar-refractivity contribution in [2.45, 2.75) is 25.2 Å². The van der Waals surface area contributed by atoms with Crippen LogP contribution in [0.1, 0.15) is 18.9 Å². The monoisotopic (exact) mass is 311 g/mol. The molecule has 1 atom stereocenters. The van der Waals surface area contributed by atoms with Gasteiger partial charge in [-0.05, 0) is 50.0 Å². The fourth-order valence-corrected chi connectivity index (χ4v) is 3.70. The summed E-state index contributed by atoms with van der Waals surface area (Å²) in [5.41, 5.74) is 0.869. The number of benzene rings is 1. The lowest BCUT2D eigenvalue weighted by atomic mass is 9.84. The van der Waals surface area contributed by atoms with Crippen LogP contribution in [-0.2, 0) is 0 Å². The molecule has 22 heavy (non-hydrogen) atoms. The van der Waals surface area contributed by atoms with Crippen molar-refractivity contribution >= 4 is 10.9 Å². The van der Waals surface area contributed by atoms with Crippen molar-refractivity contribution in [3.05, 3.63) is 24.4 Å². The summed E-state index contributed by atoms with van der Waals surface area (Å²) in [4.78, 5) is 2.43. The molecule has 3 saturated heterocycles. The first-order valence-electron chi connectivity index (χ1n) is 7.45. The van der Waals surface area contributed by atoms with Crippen LogP contribution in [0.4, 0.5) is 13.2 Å². The zero-order valence-corrected chi connectivity index (χ0v) is 11.9. The maximum absolute atomic E-state index is 12.3. The molecule has 0 aliphatic carbocycles. The molecule has 2 aromatic rings. The second kappa shape index (κ2) is 4.87. The summed E-state index contributed by atoms with van der Waals surface area (Å²) in [6.07, 6.45) is -0.710. The van der Waals surface area contributed by atoms with Crippen LogP contribution in [0.5, 0.6) is 5.75 Å². The Bertz CT molecular complexity index is 689. The Morgan fingerprint density at radius 1 is 1.18 bits per heavy atom. The second-order valence-corrected chi connectivity index (χ2v) is 6.06. The second-order valence-electron chi connectivity index (χ2n) is 6.06. The molecule has 1 aromatic carbocycles. The summed E-state index contributed by atoms with van der Waals surface area (Å²) in [6.45, 7) is 3.26. The number of nitrogens with zero attached hydrogens (tertiary/aromatic N) is 3. The molecule has 1 aromatic heterocycles. The van der Waals surface area contributed by atoms with Crippen LogP contribution >= 0.6 is 0 Å². The molecule has 3 fully saturated rings. The van der Waals surface area contributed by atoms with Crippen LogP contribution in [0.15, 0.2) is 24.4 Å². The van der Waals surface area contributed by atoms with Gasteiger partial charge in [0.2, 0.25) is 0 Å². The summed E-state index contributed by atoms with van der Waals surface area (Å²) in [5, 5.41) is 5.11. The molecule has 0 N–H and O–H groups in total. The predicted octanol–water partition coefficient (Wildman–Crippen LogP) is 3.20. The van der Waals surface area contributed by atoms with E-state index >= 15 is 0 Å². The van der Waals surface area contributed by atoms with Gasteiger partial charge in [-0.25, -0.2) is 0 Å². The van der Waals surface area contributed by atoms with Crippen molar-refractivity contribution in [2.24, 2.45) is 5.92 Å². The third-order valence-corrected chi connectivity index (χ3v) is 4.74. The predicted molar refractivity (Wildman–Crippen MR) is 74.6 cm³/mol. The Kier molecular flexibility index (Phi) is 3.07. The summed E-state index contributed by atoms with van der Waals surface area (Å²) in [7, 11) is 0. The minimum absolute atomic E-state index is 0.200. The van der Waals surface area contributed by atoms with E-state index in [1.54, 1.807) is 12.3 Å². The lowest BCUT2D eigenvalue weighted by Crippen LogP contribution is -2.48. The number of ether oxygens (including phenoxy) is 1. The highest BCUT2D eigenvalue weighted by molar-refractivity contribution is 5.80. The minimum atomic E-state index is -4.67. The van der Waals surface area contributed by atoms with E-state index in [1.165, 1.54) is 25.0 Å². The molecule has 0 saturated carbocycles. The van der Waals surface area contributed by atoms with Gasteiger partial charge < -0.3 is 9.64 Å². The maximum atomic E-state index is 12.3. The van der Waals surface area contributed by atoms with Crippen LogP contribution < -0.4 is 4.74 Å². The molecule has 118 valence electrons. The average Bonchev–Trinajstić information content (AvgIpc) is 2.89. The van der Waals surface area contributed by atoms with Crippen molar-refractivity contribution in [3.63, 3.8) is 0 Å². The van der Waals surface area contributed by atoms with Gasteiger partial charge in [0.25, 0.3) is 0 Å². The number of halogens is 3. The maximum Gasteiger partial charge on any atom is 0.573 e. The number of hydrogen-bond donors (Lipinski definition) is 0. The van der Waals surface area contributed by atoms with E-state index in [1.807, 2.05) is 4.68 Å². The molecular formula is C15H16F3N3O. The molecular weight excluding hydrogens is 295 g/mol. The first-order valence-corrected chi connectivity index (χ1v) is 7.45. The van der Waals surface area contributed by atoms with E-state index in [0.717, 1.165) is 25.2 Å². The third-order valence-electron chi connectivity index (χ3n) is 4.74. The van der Waals surface area contributed by atoms with E-state index in [9.17, 15) is 13.2 Å². The van der Waals surface area contributed by atoms with Gasteiger partial charge in [0.15, 0.2) is 0 Å². The molecule has 3 aliphatic rings. The Hall–Kier alpha value is -1.76. The van der Waals surface area contributed by atoms with Gasteiger partial charge in [0, 0.05) is 11.9 Å². The van der Waals surface area contributed by atoms with Crippen molar-refractivity contribution in [1.82, 2.24) is 14.7 Å². The van der Waals surface area contributed by atoms with E-state index in [0.29, 0.717) is 17.3 Å². The molecule has 4 nitrogen and oxygen atoms in total. The molecule has 0 radical (unpaired) electrons. The average molecular weight is 311 g/mol. The number of hydrogen-bond acceptors (Lipinski definition) is 3. The van der Waals surface area contributed by atoms with Gasteiger partial charge in [0.1, 0.15) is 5.75 Å². The zero-order valence-electron chi connectivity index (χ0n) is 11.9. The number of alkyl halides is 3. The van der Waals surface area contributed by atoms with Gasteiger partial charge in [-0.2, -0.15) is 5.10 Å². The number of fused-ring (bicyclic) bond motifs is 4. The van der Waals surface area contributed by atoms with Crippen molar-refractivity contribution < 1.29 is 17.9 Å². The normalized spacial score (nSPS) is 28.2. The van der Waals surface area contributed by atoms with Crippen molar-refractivity contribution in [2.75, 3.05) is 19.6 Å². The molecule has 0 unspecified atom stereocenters. The molecule has 4 heterocycles. The fourth-order valence-electron chi connectivity index (χ4n) is 3.70. The molecule has 5 rings (SSSR count). The van der Waals surface area contributed by atoms with Gasteiger partial charge in [0.05, 0.1) is 17.8 Å². The fraction of sp³-hybridized carbons (Fsp3) is 0.533.